The van der Waals surface area contributed by atoms with E-state index in [4.69, 9.17) is 0 Å². The van der Waals surface area contributed by atoms with Crippen molar-refractivity contribution in [2.45, 2.75) is 5.41 Å². The van der Waals surface area contributed by atoms with Crippen LogP contribution in [-0.4, -0.2) is 9.13 Å². The summed E-state index contributed by atoms with van der Waals surface area (Å²) < 4.78 is 4.85. The number of hydrogen-bond donors (Lipinski definition) is 0. The third-order valence-electron chi connectivity index (χ3n) is 17.2. The highest BCUT2D eigenvalue weighted by atomic mass is 15.0. The summed E-state index contributed by atoms with van der Waals surface area (Å²) in [5.74, 6) is 0. The van der Waals surface area contributed by atoms with Crippen LogP contribution >= 0.6 is 0 Å². The van der Waals surface area contributed by atoms with Gasteiger partial charge < -0.3 is 9.13 Å². The zero-order valence-electron chi connectivity index (χ0n) is 44.4. The van der Waals surface area contributed by atoms with Crippen molar-refractivity contribution in [2.24, 2.45) is 0 Å². The Hall–Kier alpha value is -10.5. The second-order valence-electron chi connectivity index (χ2n) is 21.5. The third kappa shape index (κ3) is 7.42. The molecular formula is C79H52N2. The summed E-state index contributed by atoms with van der Waals surface area (Å²) in [7, 11) is 0. The van der Waals surface area contributed by atoms with Gasteiger partial charge in [0.05, 0.1) is 33.2 Å². The number of nitrogens with zero attached hydrogens (tertiary/aromatic N) is 2. The van der Waals surface area contributed by atoms with Crippen molar-refractivity contribution in [3.63, 3.8) is 0 Å². The maximum atomic E-state index is 2.44. The summed E-state index contributed by atoms with van der Waals surface area (Å²) in [6.07, 6.45) is 0. The van der Waals surface area contributed by atoms with E-state index in [0.717, 1.165) is 5.69 Å². The Kier molecular flexibility index (Phi) is 10.8. The molecule has 15 aromatic rings. The molecule has 378 valence electrons. The molecule has 13 aromatic carbocycles. The molecule has 2 nitrogen and oxygen atoms in total. The standard InChI is InChI=1S/C79H52N2/c1-3-19-53(20-4-1)58-23-17-25-62(49-58)79(72-32-12-7-28-66(72)67-29-8-13-33-73(67)79)63-26-18-24-59(50-63)56-39-37-54(38-40-56)55-41-45-64(46-42-55)80-75-35-15-10-30-68(75)70-51-60(43-47-77(70)80)61-44-48-78-71(52-61)69-31-11-16-36-76(69)81(78)74-34-14-9-27-65(74)57-21-5-2-6-22-57/h1-52H. The molecule has 0 aliphatic heterocycles. The minimum Gasteiger partial charge on any atom is -0.309 e. The number of para-hydroxylation sites is 3. The van der Waals surface area contributed by atoms with E-state index < -0.39 is 5.41 Å². The topological polar surface area (TPSA) is 9.86 Å². The monoisotopic (exact) mass is 1030 g/mol. The van der Waals surface area contributed by atoms with Crippen LogP contribution in [-0.2, 0) is 5.41 Å². The van der Waals surface area contributed by atoms with E-state index in [-0.39, 0.29) is 0 Å². The van der Waals surface area contributed by atoms with Gasteiger partial charge in [-0.05, 0) is 150 Å². The van der Waals surface area contributed by atoms with Crippen LogP contribution in [0.5, 0.6) is 0 Å². The molecule has 2 aromatic heterocycles. The van der Waals surface area contributed by atoms with Gasteiger partial charge in [-0.15, -0.1) is 0 Å². The van der Waals surface area contributed by atoms with Gasteiger partial charge in [0.1, 0.15) is 0 Å². The van der Waals surface area contributed by atoms with Crippen molar-refractivity contribution in [3.8, 4) is 78.1 Å². The highest BCUT2D eigenvalue weighted by Crippen LogP contribution is 2.57. The Morgan fingerprint density at radius 2 is 0.580 bits per heavy atom. The number of rotatable bonds is 9. The van der Waals surface area contributed by atoms with Gasteiger partial charge in [-0.3, -0.25) is 0 Å². The maximum Gasteiger partial charge on any atom is 0.0713 e. The van der Waals surface area contributed by atoms with Gasteiger partial charge in [0, 0.05) is 32.8 Å². The lowest BCUT2D eigenvalue weighted by Crippen LogP contribution is -2.28. The molecule has 2 heteroatoms. The minimum absolute atomic E-state index is 0.510. The smallest absolute Gasteiger partial charge is 0.0713 e. The number of fused-ring (bicyclic) bond motifs is 9. The second-order valence-corrected chi connectivity index (χ2v) is 21.5. The van der Waals surface area contributed by atoms with Gasteiger partial charge in [-0.1, -0.05) is 249 Å². The van der Waals surface area contributed by atoms with Crippen LogP contribution in [0.2, 0.25) is 0 Å². The highest BCUT2D eigenvalue weighted by Gasteiger charge is 2.46. The molecule has 81 heavy (non-hydrogen) atoms. The molecule has 0 N–H and O–H groups in total. The van der Waals surface area contributed by atoms with Crippen LogP contribution in [0.3, 0.4) is 0 Å². The molecule has 0 atom stereocenters. The minimum atomic E-state index is -0.510. The molecule has 0 amide bonds. The fraction of sp³-hybridized carbons (Fsp3) is 0.0127. The molecule has 0 spiro atoms. The van der Waals surface area contributed by atoms with Crippen LogP contribution in [0.4, 0.5) is 0 Å². The van der Waals surface area contributed by atoms with Gasteiger partial charge in [0.25, 0.3) is 0 Å². The highest BCUT2D eigenvalue weighted by molar-refractivity contribution is 6.13. The van der Waals surface area contributed by atoms with Crippen LogP contribution in [0.25, 0.3) is 122 Å². The Morgan fingerprint density at radius 3 is 1.15 bits per heavy atom. The molecule has 0 saturated carbocycles. The average molecular weight is 1030 g/mol. The van der Waals surface area contributed by atoms with E-state index in [9.17, 15) is 0 Å². The molecule has 0 bridgehead atoms. The first-order valence-corrected chi connectivity index (χ1v) is 28.1. The lowest BCUT2D eigenvalue weighted by Gasteiger charge is -2.34. The normalized spacial score (nSPS) is 12.5. The molecule has 0 unspecified atom stereocenters. The summed E-state index contributed by atoms with van der Waals surface area (Å²) in [5.41, 5.74) is 26.3. The summed E-state index contributed by atoms with van der Waals surface area (Å²) in [6, 6.07) is 117. The van der Waals surface area contributed by atoms with Gasteiger partial charge in [0.2, 0.25) is 0 Å². The van der Waals surface area contributed by atoms with Crippen LogP contribution in [0.1, 0.15) is 22.3 Å². The van der Waals surface area contributed by atoms with Crippen molar-refractivity contribution in [2.75, 3.05) is 0 Å². The zero-order chi connectivity index (χ0) is 53.4. The maximum absolute atomic E-state index is 2.44. The van der Waals surface area contributed by atoms with E-state index in [0.29, 0.717) is 0 Å². The summed E-state index contributed by atoms with van der Waals surface area (Å²) in [6.45, 7) is 0. The van der Waals surface area contributed by atoms with Crippen LogP contribution < -0.4 is 0 Å². The fourth-order valence-electron chi connectivity index (χ4n) is 13.5. The summed E-state index contributed by atoms with van der Waals surface area (Å²) in [5, 5.41) is 4.96. The van der Waals surface area contributed by atoms with Gasteiger partial charge in [-0.25, -0.2) is 0 Å². The molecule has 0 fully saturated rings. The first kappa shape index (κ1) is 46.5. The zero-order valence-corrected chi connectivity index (χ0v) is 44.4. The molecule has 0 saturated heterocycles. The Balaban J connectivity index is 0.728. The van der Waals surface area contributed by atoms with Gasteiger partial charge >= 0.3 is 0 Å². The summed E-state index contributed by atoms with van der Waals surface area (Å²) in [4.78, 5) is 0. The molecule has 2 heterocycles. The van der Waals surface area contributed by atoms with E-state index in [1.165, 1.54) is 138 Å². The van der Waals surface area contributed by atoms with E-state index >= 15 is 0 Å². The van der Waals surface area contributed by atoms with Crippen molar-refractivity contribution in [1.82, 2.24) is 9.13 Å². The fourth-order valence-corrected chi connectivity index (χ4v) is 13.5. The Bertz CT molecular complexity index is 4860. The third-order valence-corrected chi connectivity index (χ3v) is 17.2. The first-order chi connectivity index (χ1) is 40.2. The molecule has 1 aliphatic rings. The van der Waals surface area contributed by atoms with E-state index in [2.05, 4.69) is 325 Å². The predicted molar refractivity (Wildman–Crippen MR) is 340 cm³/mol. The van der Waals surface area contributed by atoms with Crippen molar-refractivity contribution in [1.29, 1.82) is 0 Å². The van der Waals surface area contributed by atoms with E-state index in [1.807, 2.05) is 0 Å². The van der Waals surface area contributed by atoms with Gasteiger partial charge in [-0.2, -0.15) is 0 Å². The van der Waals surface area contributed by atoms with Crippen molar-refractivity contribution >= 4 is 43.6 Å². The summed E-state index contributed by atoms with van der Waals surface area (Å²) >= 11 is 0. The number of benzene rings is 13. The Morgan fingerprint density at radius 1 is 0.210 bits per heavy atom. The van der Waals surface area contributed by atoms with E-state index in [1.54, 1.807) is 0 Å². The van der Waals surface area contributed by atoms with Crippen molar-refractivity contribution < 1.29 is 0 Å². The van der Waals surface area contributed by atoms with Crippen molar-refractivity contribution in [3.05, 3.63) is 338 Å². The lowest BCUT2D eigenvalue weighted by atomic mass is 9.67. The average Bonchev–Trinajstić information content (AvgIpc) is 4.26. The molecule has 1 aliphatic carbocycles. The van der Waals surface area contributed by atoms with Crippen LogP contribution in [0, 0.1) is 0 Å². The quantitative estimate of drug-likeness (QED) is 0.136. The first-order valence-electron chi connectivity index (χ1n) is 28.1. The van der Waals surface area contributed by atoms with Crippen LogP contribution in [0.15, 0.2) is 315 Å². The lowest BCUT2D eigenvalue weighted by molar-refractivity contribution is 0.769. The number of hydrogen-bond acceptors (Lipinski definition) is 0. The van der Waals surface area contributed by atoms with Gasteiger partial charge in [0.15, 0.2) is 0 Å². The largest absolute Gasteiger partial charge is 0.309 e. The molecule has 16 rings (SSSR count). The molecule has 0 radical (unpaired) electrons. The Labute approximate surface area is 471 Å². The number of aromatic nitrogens is 2. The molecular weight excluding hydrogens is 977 g/mol. The predicted octanol–water partition coefficient (Wildman–Crippen LogP) is 20.6. The second kappa shape index (κ2) is 18.8. The SMILES string of the molecule is c1ccc(-c2cccc(C3(c4cccc(-c5ccc(-c6ccc(-n7c8ccccc8c8cc(-c9ccc%10c(c9)c9ccccc9n%10-c9ccccc9-c9ccccc9)ccc87)cc6)cc5)c4)c4ccccc4-c4ccccc43)c2)cc1.